The van der Waals surface area contributed by atoms with Gasteiger partial charge in [0.25, 0.3) is 5.91 Å². The number of hydrogen-bond acceptors (Lipinski definition) is 11. The summed E-state index contributed by atoms with van der Waals surface area (Å²) >= 11 is 1.18. The van der Waals surface area contributed by atoms with Crippen molar-refractivity contribution in [2.45, 2.75) is 38.5 Å². The fourth-order valence-corrected chi connectivity index (χ4v) is 7.76. The molecule has 0 radical (unpaired) electrons. The van der Waals surface area contributed by atoms with E-state index in [1.54, 1.807) is 72.8 Å². The van der Waals surface area contributed by atoms with Crippen LogP contribution in [-0.4, -0.2) is 48.2 Å². The number of hydrogen-bond donors (Lipinski definition) is 0. The fourth-order valence-electron chi connectivity index (χ4n) is 6.83. The number of nitrogens with zero attached hydrogens (tertiary/aromatic N) is 3. The zero-order valence-corrected chi connectivity index (χ0v) is 37.9. The lowest BCUT2D eigenvalue weighted by Crippen LogP contribution is -2.23. The van der Waals surface area contributed by atoms with E-state index in [4.69, 9.17) is 18.9 Å². The van der Waals surface area contributed by atoms with Gasteiger partial charge in [-0.1, -0.05) is 85.2 Å². The Labute approximate surface area is 399 Å². The Hall–Kier alpha value is -8.17. The maximum atomic E-state index is 16.7. The first kappa shape index (κ1) is 48.8. The minimum absolute atomic E-state index is 0.0720. The van der Waals surface area contributed by atoms with E-state index in [1.165, 1.54) is 29.5 Å². The maximum absolute atomic E-state index is 16.7. The summed E-state index contributed by atoms with van der Waals surface area (Å²) in [6.45, 7) is 7.80. The van der Waals surface area contributed by atoms with Crippen molar-refractivity contribution in [3.05, 3.63) is 186 Å². The highest BCUT2D eigenvalue weighted by Gasteiger charge is 2.22. The van der Waals surface area contributed by atoms with Gasteiger partial charge in [-0.05, 0) is 132 Å². The minimum Gasteiger partial charge on any atom is -0.494 e. The van der Waals surface area contributed by atoms with E-state index >= 15 is 4.39 Å². The first-order valence-corrected chi connectivity index (χ1v) is 22.6. The zero-order chi connectivity index (χ0) is 48.7. The smallest absolute Gasteiger partial charge is 0.343 e. The topological polar surface area (TPSA) is 134 Å². The van der Waals surface area contributed by atoms with Gasteiger partial charge in [0, 0.05) is 6.08 Å². The molecular weight excluding hydrogens is 908 g/mol. The molecule has 0 saturated carbocycles. The Morgan fingerprint density at radius 2 is 1.43 bits per heavy atom. The third kappa shape index (κ3) is 13.3. The molecule has 0 spiro atoms. The van der Waals surface area contributed by atoms with Crippen LogP contribution in [0, 0.1) is 17.5 Å². The number of ether oxygens (including phenoxy) is 4. The van der Waals surface area contributed by atoms with Gasteiger partial charge in [0.2, 0.25) is 5.13 Å². The number of thiazole rings is 1. The van der Waals surface area contributed by atoms with E-state index in [-0.39, 0.29) is 46.2 Å². The number of benzene rings is 6. The molecule has 0 aliphatic heterocycles. The molecule has 6 aromatic carbocycles. The van der Waals surface area contributed by atoms with Gasteiger partial charge in [0.15, 0.2) is 11.6 Å². The summed E-state index contributed by atoms with van der Waals surface area (Å²) < 4.78 is 66.6. The molecule has 0 fully saturated rings. The molecule has 0 N–H and O–H groups in total. The van der Waals surface area contributed by atoms with Gasteiger partial charge in [-0.25, -0.2) is 27.7 Å². The normalized spacial score (nSPS) is 11.2. The minimum atomic E-state index is -0.960. The molecule has 15 heteroatoms. The van der Waals surface area contributed by atoms with Crippen molar-refractivity contribution in [1.29, 1.82) is 0 Å². The highest BCUT2D eigenvalue weighted by Crippen LogP contribution is 2.31. The predicted octanol–water partition coefficient (Wildman–Crippen LogP) is 12.0. The van der Waals surface area contributed by atoms with Gasteiger partial charge in [-0.3, -0.25) is 9.59 Å². The summed E-state index contributed by atoms with van der Waals surface area (Å²) in [7, 11) is 0. The molecule has 0 bridgehead atoms. The van der Waals surface area contributed by atoms with Crippen LogP contribution in [0.1, 0.15) is 64.7 Å². The van der Waals surface area contributed by atoms with E-state index in [0.29, 0.717) is 35.6 Å². The number of halogens is 3. The Morgan fingerprint density at radius 1 is 0.710 bits per heavy atom. The highest BCUT2D eigenvalue weighted by molar-refractivity contribution is 7.22. The number of anilines is 1. The zero-order valence-electron chi connectivity index (χ0n) is 37.1. The van der Waals surface area contributed by atoms with Gasteiger partial charge in [-0.2, -0.15) is 10.1 Å². The lowest BCUT2D eigenvalue weighted by molar-refractivity contribution is -0.138. The van der Waals surface area contributed by atoms with Crippen molar-refractivity contribution in [1.82, 2.24) is 4.98 Å². The van der Waals surface area contributed by atoms with E-state index in [9.17, 15) is 28.0 Å². The van der Waals surface area contributed by atoms with E-state index < -0.39 is 41.3 Å². The molecule has 7 aromatic rings. The molecule has 350 valence electrons. The Bertz CT molecular complexity index is 3060. The number of fused-ring (bicyclic) bond motifs is 2. The number of aryl methyl sites for hydroxylation is 1. The van der Waals surface area contributed by atoms with Gasteiger partial charge >= 0.3 is 17.9 Å². The quantitative estimate of drug-likeness (QED) is 0.0131. The van der Waals surface area contributed by atoms with E-state index in [2.05, 4.69) is 23.2 Å². The molecular formula is C54H44F3N3O8S. The Kier molecular flexibility index (Phi) is 16.6. The number of aromatic nitrogens is 1. The molecule has 11 nitrogen and oxygen atoms in total. The molecule has 0 atom stereocenters. The highest BCUT2D eigenvalue weighted by atomic mass is 32.1. The largest absolute Gasteiger partial charge is 0.494 e. The van der Waals surface area contributed by atoms with Gasteiger partial charge < -0.3 is 18.9 Å². The molecule has 1 aromatic heterocycles. The second-order valence-electron chi connectivity index (χ2n) is 15.3. The summed E-state index contributed by atoms with van der Waals surface area (Å²) in [6, 6.07) is 30.5. The van der Waals surface area contributed by atoms with Crippen LogP contribution in [0.4, 0.5) is 18.3 Å². The maximum Gasteiger partial charge on any atom is 0.343 e. The van der Waals surface area contributed by atoms with Crippen molar-refractivity contribution in [2.75, 3.05) is 18.2 Å². The summed E-state index contributed by atoms with van der Waals surface area (Å²) in [6.07, 6.45) is 9.52. The van der Waals surface area contributed by atoms with Crippen molar-refractivity contribution >= 4 is 79.6 Å². The lowest BCUT2D eigenvalue weighted by atomic mass is 10.0. The summed E-state index contributed by atoms with van der Waals surface area (Å²) in [4.78, 5) is 55.5. The monoisotopic (exact) mass is 951 g/mol. The summed E-state index contributed by atoms with van der Waals surface area (Å²) in [5.74, 6) is -4.61. The molecule has 0 aliphatic carbocycles. The van der Waals surface area contributed by atoms with Crippen LogP contribution in [0.5, 0.6) is 17.2 Å². The number of rotatable bonds is 21. The molecule has 0 unspecified atom stereocenters. The number of esters is 3. The second-order valence-corrected chi connectivity index (χ2v) is 16.3. The van der Waals surface area contributed by atoms with Crippen molar-refractivity contribution < 1.29 is 51.3 Å². The number of unbranched alkanes of at least 4 members (excludes halogenated alkanes) is 3. The Morgan fingerprint density at radius 3 is 2.20 bits per heavy atom. The third-order valence-electron chi connectivity index (χ3n) is 10.5. The van der Waals surface area contributed by atoms with Gasteiger partial charge in [-0.15, -0.1) is 0 Å². The van der Waals surface area contributed by atoms with Gasteiger partial charge in [0.1, 0.15) is 23.1 Å². The second kappa shape index (κ2) is 23.5. The number of carbonyl (C=O) groups excluding carboxylic acids is 4. The van der Waals surface area contributed by atoms with Crippen LogP contribution in [0.2, 0.25) is 0 Å². The van der Waals surface area contributed by atoms with Crippen molar-refractivity contribution in [2.24, 2.45) is 5.10 Å². The van der Waals surface area contributed by atoms with Crippen LogP contribution in [0.15, 0.2) is 146 Å². The third-order valence-corrected chi connectivity index (χ3v) is 11.5. The number of hydrazone groups is 1. The number of para-hydroxylation sites is 1. The summed E-state index contributed by atoms with van der Waals surface area (Å²) in [5, 5.41) is 7.00. The average molecular weight is 952 g/mol. The van der Waals surface area contributed by atoms with Crippen molar-refractivity contribution in [3.8, 4) is 17.2 Å². The van der Waals surface area contributed by atoms with Crippen LogP contribution in [0.3, 0.4) is 0 Å². The number of amides is 1. The first-order chi connectivity index (χ1) is 33.5. The van der Waals surface area contributed by atoms with Crippen molar-refractivity contribution in [3.63, 3.8) is 0 Å². The first-order valence-electron chi connectivity index (χ1n) is 21.8. The fraction of sp³-hybridized carbons (Fsp3) is 0.148. The summed E-state index contributed by atoms with van der Waals surface area (Å²) in [5.41, 5.74) is 1.75. The molecule has 7 rings (SSSR count). The SMILES string of the molecule is C=CC(=O)OCCCCCCOc1ccc2cc(C(=O)Oc3ccc(CCC(=O)Oc4ccc(/C=C/c5ccc(F)c(F)c5)cc4)c(F)c3/C=N/N(C(=O)C=C)c3nc4ccccc4s3)ccc2c1. The standard InChI is InChI=1S/C54H44F3N3O8S/c1-3-49(61)60(54-59-46-11-7-8-12-48(46)69-54)58-34-43-47(68-53(64)40-19-18-39-33-42(25-20-38(39)32-40)65-29-9-5-6-10-30-66-50(62)4-2)27-21-37(52(43)57)22-28-51(63)67-41-23-15-35(16-24-41)13-14-36-17-26-44(55)45(56)31-36/h3-4,7-8,11-21,23-27,31-34H,1-2,5-6,9-10,22,28-30H2/b14-13+,58-34+. The molecule has 0 aliphatic rings. The van der Waals surface area contributed by atoms with E-state index in [0.717, 1.165) is 76.7 Å². The molecule has 69 heavy (non-hydrogen) atoms. The molecule has 0 saturated heterocycles. The van der Waals surface area contributed by atoms with Crippen LogP contribution in [0.25, 0.3) is 33.1 Å². The average Bonchev–Trinajstić information content (AvgIpc) is 3.79. The lowest BCUT2D eigenvalue weighted by Gasteiger charge is -2.14. The van der Waals surface area contributed by atoms with Crippen LogP contribution in [-0.2, 0) is 25.5 Å². The number of carbonyl (C=O) groups is 4. The van der Waals surface area contributed by atoms with Gasteiger partial charge in [0.05, 0.1) is 47.2 Å². The van der Waals surface area contributed by atoms with E-state index in [1.807, 2.05) is 24.3 Å². The molecule has 1 heterocycles. The predicted molar refractivity (Wildman–Crippen MR) is 261 cm³/mol. The Balaban J connectivity index is 1.05. The molecule has 1 amide bonds. The van der Waals surface area contributed by atoms with Crippen LogP contribution < -0.4 is 19.2 Å². The van der Waals surface area contributed by atoms with Crippen LogP contribution >= 0.6 is 11.3 Å².